The third-order valence-corrected chi connectivity index (χ3v) is 2.49. The van der Waals surface area contributed by atoms with Crippen LogP contribution in [0.15, 0.2) is 30.9 Å². The molecule has 0 saturated carbocycles. The Kier molecular flexibility index (Phi) is 3.69. The highest BCUT2D eigenvalue weighted by Crippen LogP contribution is 2.13. The summed E-state index contributed by atoms with van der Waals surface area (Å²) in [7, 11) is 0. The molecule has 0 amide bonds. The number of rotatable bonds is 5. The van der Waals surface area contributed by atoms with E-state index < -0.39 is 0 Å². The number of aromatic nitrogens is 4. The van der Waals surface area contributed by atoms with Gasteiger partial charge in [-0.25, -0.2) is 9.97 Å². The van der Waals surface area contributed by atoms with Gasteiger partial charge in [-0.1, -0.05) is 13.8 Å². The highest BCUT2D eigenvalue weighted by Gasteiger charge is 2.02. The van der Waals surface area contributed by atoms with Gasteiger partial charge in [0.2, 0.25) is 0 Å². The Balaban J connectivity index is 1.88. The number of nitrogens with zero attached hydrogens (tertiary/aromatic N) is 4. The minimum absolute atomic E-state index is 0.421. The molecule has 0 unspecified atom stereocenters. The van der Waals surface area contributed by atoms with Crippen molar-refractivity contribution in [2.75, 3.05) is 11.9 Å². The van der Waals surface area contributed by atoms with Gasteiger partial charge in [-0.15, -0.1) is 0 Å². The van der Waals surface area contributed by atoms with E-state index in [0.717, 1.165) is 24.6 Å². The summed E-state index contributed by atoms with van der Waals surface area (Å²) in [4.78, 5) is 8.42. The van der Waals surface area contributed by atoms with Crippen LogP contribution in [0.4, 0.5) is 5.82 Å². The minimum atomic E-state index is 0.421. The van der Waals surface area contributed by atoms with Crippen molar-refractivity contribution in [2.24, 2.45) is 0 Å². The summed E-state index contributed by atoms with van der Waals surface area (Å²) >= 11 is 0. The quantitative estimate of drug-likeness (QED) is 0.854. The van der Waals surface area contributed by atoms with Crippen LogP contribution in [0.5, 0.6) is 0 Å². The van der Waals surface area contributed by atoms with Crippen LogP contribution in [-0.4, -0.2) is 26.3 Å². The third kappa shape index (κ3) is 3.27. The molecule has 0 fully saturated rings. The van der Waals surface area contributed by atoms with Gasteiger partial charge >= 0.3 is 0 Å². The number of nitrogens with one attached hydrogen (secondary N) is 1. The first-order valence-electron chi connectivity index (χ1n) is 5.79. The molecule has 0 spiro atoms. The van der Waals surface area contributed by atoms with E-state index >= 15 is 0 Å². The lowest BCUT2D eigenvalue weighted by molar-refractivity contribution is 0.637. The summed E-state index contributed by atoms with van der Waals surface area (Å²) in [6.07, 6.45) is 5.33. The van der Waals surface area contributed by atoms with Crippen LogP contribution in [0.2, 0.25) is 0 Å². The summed E-state index contributed by atoms with van der Waals surface area (Å²) in [6.45, 7) is 5.87. The van der Waals surface area contributed by atoms with Crippen LogP contribution in [0.3, 0.4) is 0 Å². The van der Waals surface area contributed by atoms with Crippen LogP contribution < -0.4 is 5.32 Å². The van der Waals surface area contributed by atoms with E-state index in [9.17, 15) is 0 Å². The molecule has 90 valence electrons. The zero-order chi connectivity index (χ0) is 12.1. The number of hydrogen-bond donors (Lipinski definition) is 1. The second kappa shape index (κ2) is 5.43. The van der Waals surface area contributed by atoms with Crippen molar-refractivity contribution in [3.05, 3.63) is 36.5 Å². The Morgan fingerprint density at radius 2 is 2.24 bits per heavy atom. The topological polar surface area (TPSA) is 55.6 Å². The van der Waals surface area contributed by atoms with Crippen LogP contribution in [-0.2, 0) is 6.54 Å². The van der Waals surface area contributed by atoms with Crippen LogP contribution in [0, 0.1) is 0 Å². The molecule has 2 aromatic rings. The van der Waals surface area contributed by atoms with E-state index in [0.29, 0.717) is 5.92 Å². The zero-order valence-corrected chi connectivity index (χ0v) is 10.2. The second-order valence-electron chi connectivity index (χ2n) is 4.18. The lowest BCUT2D eigenvalue weighted by atomic mass is 10.1. The summed E-state index contributed by atoms with van der Waals surface area (Å²) < 4.78 is 1.89. The Bertz CT molecular complexity index is 450. The van der Waals surface area contributed by atoms with E-state index in [1.807, 2.05) is 23.0 Å². The fourth-order valence-electron chi connectivity index (χ4n) is 1.52. The summed E-state index contributed by atoms with van der Waals surface area (Å²) in [5.74, 6) is 1.29. The van der Waals surface area contributed by atoms with Gasteiger partial charge in [0.1, 0.15) is 12.1 Å². The van der Waals surface area contributed by atoms with Crippen molar-refractivity contribution in [1.29, 1.82) is 0 Å². The number of hydrogen-bond acceptors (Lipinski definition) is 4. The first-order valence-corrected chi connectivity index (χ1v) is 5.79. The predicted molar refractivity (Wildman–Crippen MR) is 66.8 cm³/mol. The first kappa shape index (κ1) is 11.6. The molecule has 17 heavy (non-hydrogen) atoms. The molecule has 0 aliphatic rings. The molecule has 5 nitrogen and oxygen atoms in total. The Hall–Kier alpha value is -1.91. The molecule has 2 aromatic heterocycles. The van der Waals surface area contributed by atoms with Gasteiger partial charge in [-0.05, 0) is 12.0 Å². The molecule has 1 N–H and O–H groups in total. The Labute approximate surface area is 101 Å². The molecule has 0 bridgehead atoms. The van der Waals surface area contributed by atoms with Gasteiger partial charge in [0.05, 0.1) is 6.54 Å². The fraction of sp³-hybridized carbons (Fsp3) is 0.417. The van der Waals surface area contributed by atoms with E-state index in [4.69, 9.17) is 0 Å². The maximum absolute atomic E-state index is 4.23. The smallest absolute Gasteiger partial charge is 0.129 e. The maximum atomic E-state index is 4.23. The van der Waals surface area contributed by atoms with Crippen molar-refractivity contribution in [3.8, 4) is 0 Å². The molecule has 0 atom stereocenters. The summed E-state index contributed by atoms with van der Waals surface area (Å²) in [5.41, 5.74) is 1.06. The molecule has 0 radical (unpaired) electrons. The van der Waals surface area contributed by atoms with E-state index in [1.54, 1.807) is 12.5 Å². The van der Waals surface area contributed by atoms with E-state index in [-0.39, 0.29) is 0 Å². The van der Waals surface area contributed by atoms with Crippen LogP contribution >= 0.6 is 0 Å². The first-order chi connectivity index (χ1) is 8.25. The van der Waals surface area contributed by atoms with Crippen molar-refractivity contribution >= 4 is 5.82 Å². The highest BCUT2D eigenvalue weighted by atomic mass is 15.3. The van der Waals surface area contributed by atoms with Gasteiger partial charge in [0, 0.05) is 30.7 Å². The molecular weight excluding hydrogens is 214 g/mol. The van der Waals surface area contributed by atoms with Crippen LogP contribution in [0.25, 0.3) is 0 Å². The molecule has 0 aliphatic heterocycles. The zero-order valence-electron chi connectivity index (χ0n) is 10.2. The molecule has 0 aromatic carbocycles. The molecule has 2 heterocycles. The average molecular weight is 231 g/mol. The monoisotopic (exact) mass is 231 g/mol. The lowest BCUT2D eigenvalue weighted by Crippen LogP contribution is -2.12. The summed E-state index contributed by atoms with van der Waals surface area (Å²) in [6, 6.07) is 3.91. The maximum Gasteiger partial charge on any atom is 0.129 e. The third-order valence-electron chi connectivity index (χ3n) is 2.49. The number of anilines is 1. The highest BCUT2D eigenvalue weighted by molar-refractivity contribution is 5.35. The van der Waals surface area contributed by atoms with Gasteiger partial charge in [-0.3, -0.25) is 4.68 Å². The Morgan fingerprint density at radius 1 is 1.35 bits per heavy atom. The van der Waals surface area contributed by atoms with E-state index in [1.165, 1.54) is 0 Å². The van der Waals surface area contributed by atoms with Crippen molar-refractivity contribution in [1.82, 2.24) is 19.7 Å². The van der Waals surface area contributed by atoms with Crippen LogP contribution in [0.1, 0.15) is 25.5 Å². The Morgan fingerprint density at radius 3 is 2.94 bits per heavy atom. The lowest BCUT2D eigenvalue weighted by Gasteiger charge is -2.08. The van der Waals surface area contributed by atoms with Gasteiger partial charge in [0.25, 0.3) is 0 Å². The largest absolute Gasteiger partial charge is 0.368 e. The molecule has 5 heteroatoms. The molecular formula is C12H17N5. The van der Waals surface area contributed by atoms with Gasteiger partial charge in [0.15, 0.2) is 0 Å². The molecule has 0 aliphatic carbocycles. The normalized spacial score (nSPS) is 10.8. The van der Waals surface area contributed by atoms with Gasteiger partial charge < -0.3 is 5.32 Å². The molecule has 0 saturated heterocycles. The van der Waals surface area contributed by atoms with Crippen molar-refractivity contribution in [3.63, 3.8) is 0 Å². The van der Waals surface area contributed by atoms with E-state index in [2.05, 4.69) is 34.2 Å². The van der Waals surface area contributed by atoms with Crippen molar-refractivity contribution < 1.29 is 0 Å². The SMILES string of the molecule is CC(C)c1cc(NCCn2cccn2)ncn1. The van der Waals surface area contributed by atoms with Gasteiger partial charge in [-0.2, -0.15) is 5.10 Å². The fourth-order valence-corrected chi connectivity index (χ4v) is 1.52. The minimum Gasteiger partial charge on any atom is -0.368 e. The standard InChI is InChI=1S/C12H17N5/c1-10(2)11-8-12(15-9-14-11)13-5-7-17-6-3-4-16-17/h3-4,6,8-10H,5,7H2,1-2H3,(H,13,14,15). The second-order valence-corrected chi connectivity index (χ2v) is 4.18. The summed E-state index contributed by atoms with van der Waals surface area (Å²) in [5, 5.41) is 7.40. The van der Waals surface area contributed by atoms with Crippen molar-refractivity contribution in [2.45, 2.75) is 26.3 Å². The molecule has 2 rings (SSSR count). The predicted octanol–water partition coefficient (Wildman–Crippen LogP) is 1.91. The average Bonchev–Trinajstić information content (AvgIpc) is 2.82.